The number of carbonyl (C=O) groups excluding carboxylic acids is 1. The molecule has 0 saturated heterocycles. The maximum absolute atomic E-state index is 12.6. The van der Waals surface area contributed by atoms with Gasteiger partial charge in [0.25, 0.3) is 0 Å². The Kier molecular flexibility index (Phi) is 3.39. The lowest BCUT2D eigenvalue weighted by Crippen LogP contribution is -2.16. The van der Waals surface area contributed by atoms with Crippen LogP contribution in [0.2, 0.25) is 0 Å². The molecule has 0 saturated carbocycles. The average Bonchev–Trinajstić information content (AvgIpc) is 2.53. The molecule has 0 aliphatic carbocycles. The molecule has 0 unspecified atom stereocenters. The monoisotopic (exact) mass is 285 g/mol. The quantitative estimate of drug-likeness (QED) is 0.692. The van der Waals surface area contributed by atoms with Crippen LogP contribution in [0, 0.1) is 0 Å². The predicted molar refractivity (Wildman–Crippen MR) is 78.3 cm³/mol. The summed E-state index contributed by atoms with van der Waals surface area (Å²) in [5, 5.41) is 0. The van der Waals surface area contributed by atoms with E-state index in [1.165, 1.54) is 7.11 Å². The molecule has 3 rings (SSSR count). The van der Waals surface area contributed by atoms with Crippen molar-refractivity contribution in [2.24, 2.45) is 0 Å². The summed E-state index contributed by atoms with van der Waals surface area (Å²) >= 11 is 0. The van der Waals surface area contributed by atoms with Gasteiger partial charge in [0.2, 0.25) is 0 Å². The number of anilines is 1. The van der Waals surface area contributed by atoms with E-state index in [1.807, 2.05) is 0 Å². The Morgan fingerprint density at radius 1 is 1.10 bits per heavy atom. The lowest BCUT2D eigenvalue weighted by atomic mass is 10.0. The number of fused-ring (bicyclic) bond motifs is 1. The molecule has 0 atom stereocenters. The molecular formula is C16H15NO4. The van der Waals surface area contributed by atoms with Crippen molar-refractivity contribution in [3.8, 4) is 17.2 Å². The van der Waals surface area contributed by atoms with Crippen LogP contribution >= 0.6 is 0 Å². The van der Waals surface area contributed by atoms with E-state index in [-0.39, 0.29) is 5.78 Å². The van der Waals surface area contributed by atoms with E-state index >= 15 is 0 Å². The van der Waals surface area contributed by atoms with Crippen molar-refractivity contribution in [3.05, 3.63) is 47.5 Å². The minimum absolute atomic E-state index is 0.170. The summed E-state index contributed by atoms with van der Waals surface area (Å²) in [6.07, 6.45) is 0. The second kappa shape index (κ2) is 5.36. The van der Waals surface area contributed by atoms with Crippen LogP contribution in [0.15, 0.2) is 36.4 Å². The van der Waals surface area contributed by atoms with Crippen molar-refractivity contribution in [2.75, 3.05) is 26.1 Å². The molecule has 0 radical (unpaired) electrons. The van der Waals surface area contributed by atoms with Crippen molar-refractivity contribution in [1.82, 2.24) is 0 Å². The molecule has 1 aliphatic heterocycles. The van der Waals surface area contributed by atoms with E-state index in [4.69, 9.17) is 19.9 Å². The van der Waals surface area contributed by atoms with Gasteiger partial charge in [-0.3, -0.25) is 4.79 Å². The molecule has 2 N–H and O–H groups in total. The molecule has 108 valence electrons. The summed E-state index contributed by atoms with van der Waals surface area (Å²) in [6.45, 7) is 0.996. The molecule has 5 nitrogen and oxygen atoms in total. The second-order valence-corrected chi connectivity index (χ2v) is 4.65. The lowest BCUT2D eigenvalue weighted by Gasteiger charge is -2.18. The van der Waals surface area contributed by atoms with Gasteiger partial charge < -0.3 is 19.9 Å². The van der Waals surface area contributed by atoms with Gasteiger partial charge in [0.05, 0.1) is 12.7 Å². The highest BCUT2D eigenvalue weighted by molar-refractivity contribution is 6.11. The average molecular weight is 285 g/mol. The maximum atomic E-state index is 12.6. The van der Waals surface area contributed by atoms with Crippen molar-refractivity contribution < 1.29 is 19.0 Å². The van der Waals surface area contributed by atoms with Crippen molar-refractivity contribution in [1.29, 1.82) is 0 Å². The van der Waals surface area contributed by atoms with E-state index in [1.54, 1.807) is 36.4 Å². The molecule has 1 aliphatic rings. The van der Waals surface area contributed by atoms with E-state index in [9.17, 15) is 4.79 Å². The van der Waals surface area contributed by atoms with Gasteiger partial charge in [-0.25, -0.2) is 0 Å². The Balaban J connectivity index is 2.00. The molecule has 5 heteroatoms. The van der Waals surface area contributed by atoms with Gasteiger partial charge >= 0.3 is 0 Å². The van der Waals surface area contributed by atoms with Crippen LogP contribution in [-0.2, 0) is 0 Å². The fraction of sp³-hybridized carbons (Fsp3) is 0.188. The normalized spacial score (nSPS) is 12.8. The third-order valence-electron chi connectivity index (χ3n) is 3.27. The first-order chi connectivity index (χ1) is 10.2. The molecule has 0 amide bonds. The molecule has 0 aromatic heterocycles. The number of ether oxygens (including phenoxy) is 3. The smallest absolute Gasteiger partial charge is 0.196 e. The standard InChI is InChI=1S/C16H15NO4/c1-19-13-5-3-11(17)9-12(13)16(18)10-2-4-14-15(8-10)21-7-6-20-14/h2-5,8-9H,6-7,17H2,1H3. The summed E-state index contributed by atoms with van der Waals surface area (Å²) in [4.78, 5) is 12.6. The van der Waals surface area contributed by atoms with Gasteiger partial charge in [0, 0.05) is 11.3 Å². The highest BCUT2D eigenvalue weighted by Gasteiger charge is 2.18. The summed E-state index contributed by atoms with van der Waals surface area (Å²) < 4.78 is 16.2. The van der Waals surface area contributed by atoms with E-state index < -0.39 is 0 Å². The first-order valence-corrected chi connectivity index (χ1v) is 6.57. The number of rotatable bonds is 3. The predicted octanol–water partition coefficient (Wildman–Crippen LogP) is 2.28. The summed E-state index contributed by atoms with van der Waals surface area (Å²) in [5.41, 5.74) is 7.20. The van der Waals surface area contributed by atoms with E-state index in [2.05, 4.69) is 0 Å². The summed E-state index contributed by atoms with van der Waals surface area (Å²) in [6, 6.07) is 10.1. The molecule has 21 heavy (non-hydrogen) atoms. The van der Waals surface area contributed by atoms with Crippen LogP contribution in [0.1, 0.15) is 15.9 Å². The van der Waals surface area contributed by atoms with Crippen LogP contribution in [0.5, 0.6) is 17.2 Å². The summed E-state index contributed by atoms with van der Waals surface area (Å²) in [5.74, 6) is 1.55. The minimum atomic E-state index is -0.170. The fourth-order valence-corrected chi connectivity index (χ4v) is 2.24. The number of benzene rings is 2. The van der Waals surface area contributed by atoms with Gasteiger partial charge in [0.1, 0.15) is 19.0 Å². The van der Waals surface area contributed by atoms with Gasteiger partial charge in [-0.2, -0.15) is 0 Å². The molecule has 2 aromatic carbocycles. The van der Waals surface area contributed by atoms with Crippen LogP contribution in [0.25, 0.3) is 0 Å². The van der Waals surface area contributed by atoms with Gasteiger partial charge in [-0.15, -0.1) is 0 Å². The van der Waals surface area contributed by atoms with E-state index in [0.29, 0.717) is 47.3 Å². The van der Waals surface area contributed by atoms with Crippen LogP contribution < -0.4 is 19.9 Å². The Hall–Kier alpha value is -2.69. The van der Waals surface area contributed by atoms with Crippen LogP contribution in [-0.4, -0.2) is 26.1 Å². The second-order valence-electron chi connectivity index (χ2n) is 4.65. The molecule has 2 aromatic rings. The van der Waals surface area contributed by atoms with E-state index in [0.717, 1.165) is 0 Å². The third-order valence-corrected chi connectivity index (χ3v) is 3.27. The topological polar surface area (TPSA) is 70.8 Å². The first kappa shape index (κ1) is 13.3. The lowest BCUT2D eigenvalue weighted by molar-refractivity contribution is 0.103. The number of methoxy groups -OCH3 is 1. The zero-order valence-corrected chi connectivity index (χ0v) is 11.6. The molecule has 0 fully saturated rings. The molecular weight excluding hydrogens is 270 g/mol. The first-order valence-electron chi connectivity index (χ1n) is 6.57. The molecule has 0 bridgehead atoms. The van der Waals surface area contributed by atoms with Gasteiger partial charge in [-0.1, -0.05) is 0 Å². The number of hydrogen-bond acceptors (Lipinski definition) is 5. The zero-order chi connectivity index (χ0) is 14.8. The van der Waals surface area contributed by atoms with Crippen LogP contribution in [0.3, 0.4) is 0 Å². The maximum Gasteiger partial charge on any atom is 0.196 e. The Bertz CT molecular complexity index is 697. The third kappa shape index (κ3) is 2.50. The fourth-order valence-electron chi connectivity index (χ4n) is 2.24. The highest BCUT2D eigenvalue weighted by Crippen LogP contribution is 2.32. The number of ketones is 1. The highest BCUT2D eigenvalue weighted by atomic mass is 16.6. The Labute approximate surface area is 122 Å². The minimum Gasteiger partial charge on any atom is -0.496 e. The van der Waals surface area contributed by atoms with Crippen molar-refractivity contribution in [2.45, 2.75) is 0 Å². The zero-order valence-electron chi connectivity index (χ0n) is 11.6. The van der Waals surface area contributed by atoms with Crippen molar-refractivity contribution in [3.63, 3.8) is 0 Å². The van der Waals surface area contributed by atoms with Gasteiger partial charge in [-0.05, 0) is 36.4 Å². The SMILES string of the molecule is COc1ccc(N)cc1C(=O)c1ccc2c(c1)OCCO2. The number of nitrogen functional groups attached to an aromatic ring is 1. The largest absolute Gasteiger partial charge is 0.496 e. The molecule has 0 spiro atoms. The van der Waals surface area contributed by atoms with Crippen LogP contribution in [0.4, 0.5) is 5.69 Å². The number of nitrogens with two attached hydrogens (primary N) is 1. The Morgan fingerprint density at radius 3 is 2.62 bits per heavy atom. The number of hydrogen-bond donors (Lipinski definition) is 1. The number of carbonyl (C=O) groups is 1. The summed E-state index contributed by atoms with van der Waals surface area (Å²) in [7, 11) is 1.52. The van der Waals surface area contributed by atoms with Gasteiger partial charge in [0.15, 0.2) is 17.3 Å². The Morgan fingerprint density at radius 2 is 1.86 bits per heavy atom. The van der Waals surface area contributed by atoms with Crippen molar-refractivity contribution >= 4 is 11.5 Å². The molecule has 1 heterocycles.